The molecule has 0 bridgehead atoms. The molecule has 0 saturated carbocycles. The number of nitrogens with one attached hydrogen (secondary N) is 2. The number of aromatic nitrogens is 1. The van der Waals surface area contributed by atoms with Gasteiger partial charge in [-0.15, -0.1) is 0 Å². The van der Waals surface area contributed by atoms with Crippen molar-refractivity contribution in [3.05, 3.63) is 51.4 Å². The molecule has 2 aromatic rings. The highest BCUT2D eigenvalue weighted by Gasteiger charge is 2.16. The highest BCUT2D eigenvalue weighted by molar-refractivity contribution is 6.29. The van der Waals surface area contributed by atoms with Gasteiger partial charge in [-0.3, -0.25) is 4.79 Å². The van der Waals surface area contributed by atoms with Gasteiger partial charge in [0, 0.05) is 32.5 Å². The first-order valence-corrected chi connectivity index (χ1v) is 9.08. The molecule has 0 saturated heterocycles. The molecule has 0 aliphatic heterocycles. The number of aryl methyl sites for hydroxylation is 1. The maximum atomic E-state index is 12.1. The number of nitrogens with zero attached hydrogens (tertiary/aromatic N) is 1. The third-order valence-electron chi connectivity index (χ3n) is 4.58. The van der Waals surface area contributed by atoms with E-state index in [0.29, 0.717) is 29.4 Å². The predicted molar refractivity (Wildman–Crippen MR) is 110 cm³/mol. The van der Waals surface area contributed by atoms with E-state index in [0.717, 1.165) is 11.1 Å². The normalized spacial score (nSPS) is 11.3. The zero-order valence-corrected chi connectivity index (χ0v) is 17.1. The van der Waals surface area contributed by atoms with Crippen molar-refractivity contribution in [3.63, 3.8) is 0 Å². The summed E-state index contributed by atoms with van der Waals surface area (Å²) >= 11 is 6.12. The van der Waals surface area contributed by atoms with Crippen LogP contribution in [-0.2, 0) is 11.8 Å². The van der Waals surface area contributed by atoms with Crippen molar-refractivity contribution in [2.24, 2.45) is 7.05 Å². The van der Waals surface area contributed by atoms with Crippen LogP contribution in [0.1, 0.15) is 25.8 Å². The van der Waals surface area contributed by atoms with E-state index in [1.54, 1.807) is 20.2 Å². The van der Waals surface area contributed by atoms with Gasteiger partial charge < -0.3 is 19.9 Å². The monoisotopic (exact) mass is 391 g/mol. The van der Waals surface area contributed by atoms with Crippen molar-refractivity contribution in [2.45, 2.75) is 32.8 Å². The maximum Gasteiger partial charge on any atom is 0.319 e. The average Bonchev–Trinajstić information content (AvgIpc) is 2.60. The summed E-state index contributed by atoms with van der Waals surface area (Å²) in [6.45, 7) is 6.37. The molecule has 146 valence electrons. The number of ether oxygens (including phenoxy) is 1. The first-order valence-electron chi connectivity index (χ1n) is 8.70. The Hall–Kier alpha value is -2.31. The molecular formula is C20H26ClN3O3. The van der Waals surface area contributed by atoms with Gasteiger partial charge in [-0.25, -0.2) is 4.79 Å². The average molecular weight is 392 g/mol. The van der Waals surface area contributed by atoms with E-state index >= 15 is 0 Å². The van der Waals surface area contributed by atoms with E-state index in [1.165, 1.54) is 10.6 Å². The molecule has 6 nitrogen and oxygen atoms in total. The molecule has 1 heterocycles. The molecule has 0 spiro atoms. The van der Waals surface area contributed by atoms with E-state index in [4.69, 9.17) is 16.3 Å². The summed E-state index contributed by atoms with van der Waals surface area (Å²) in [6, 6.07) is 8.52. The van der Waals surface area contributed by atoms with Crippen LogP contribution in [0.15, 0.2) is 35.1 Å². The largest absolute Gasteiger partial charge is 0.379 e. The van der Waals surface area contributed by atoms with E-state index in [2.05, 4.69) is 10.6 Å². The molecule has 1 aromatic heterocycles. The lowest BCUT2D eigenvalue weighted by Crippen LogP contribution is -2.34. The predicted octanol–water partition coefficient (Wildman–Crippen LogP) is 3.95. The minimum Gasteiger partial charge on any atom is -0.379 e. The van der Waals surface area contributed by atoms with Crippen LogP contribution < -0.4 is 16.2 Å². The number of benzene rings is 1. The van der Waals surface area contributed by atoms with E-state index in [9.17, 15) is 9.59 Å². The van der Waals surface area contributed by atoms with Crippen LogP contribution in [0.5, 0.6) is 0 Å². The number of methoxy groups -OCH3 is 1. The lowest BCUT2D eigenvalue weighted by atomic mass is 10.0. The Balaban J connectivity index is 2.13. The first kappa shape index (κ1) is 21.0. The Labute approximate surface area is 164 Å². The van der Waals surface area contributed by atoms with Gasteiger partial charge in [-0.2, -0.15) is 0 Å². The zero-order valence-electron chi connectivity index (χ0n) is 16.4. The van der Waals surface area contributed by atoms with Gasteiger partial charge in [-0.1, -0.05) is 17.7 Å². The van der Waals surface area contributed by atoms with Gasteiger partial charge >= 0.3 is 6.03 Å². The number of amides is 2. The minimum atomic E-state index is -0.293. The Bertz CT molecular complexity index is 891. The van der Waals surface area contributed by atoms with Crippen molar-refractivity contribution < 1.29 is 9.53 Å². The molecule has 0 aliphatic carbocycles. The summed E-state index contributed by atoms with van der Waals surface area (Å²) < 4.78 is 6.71. The molecule has 0 unspecified atom stereocenters. The van der Waals surface area contributed by atoms with E-state index in [1.807, 2.05) is 39.0 Å². The third kappa shape index (κ3) is 5.58. The van der Waals surface area contributed by atoms with Gasteiger partial charge in [0.1, 0.15) is 5.15 Å². The second kappa shape index (κ2) is 8.59. The number of anilines is 1. The Morgan fingerprint density at radius 2 is 1.96 bits per heavy atom. The van der Waals surface area contributed by atoms with Crippen LogP contribution >= 0.6 is 11.6 Å². The second-order valence-corrected chi connectivity index (χ2v) is 7.48. The molecular weight excluding hydrogens is 366 g/mol. The molecule has 0 aliphatic rings. The first-order chi connectivity index (χ1) is 12.6. The quantitative estimate of drug-likeness (QED) is 0.732. The number of carbonyl (C=O) groups is 1. The van der Waals surface area contributed by atoms with Crippen molar-refractivity contribution in [3.8, 4) is 11.1 Å². The summed E-state index contributed by atoms with van der Waals surface area (Å²) in [6.07, 6.45) is 0.696. The third-order valence-corrected chi connectivity index (χ3v) is 4.94. The minimum absolute atomic E-state index is 0.186. The SMILES string of the molecule is COC(C)(C)CCNC(=O)Nc1ccc(C)c(-c2cc(Cl)n(C)c(=O)c2)c1. The zero-order chi connectivity index (χ0) is 20.2. The smallest absolute Gasteiger partial charge is 0.319 e. The van der Waals surface area contributed by atoms with Crippen LogP contribution in [0.3, 0.4) is 0 Å². The van der Waals surface area contributed by atoms with Gasteiger partial charge in [0.15, 0.2) is 0 Å². The number of rotatable bonds is 6. The maximum absolute atomic E-state index is 12.1. The van der Waals surface area contributed by atoms with Crippen LogP contribution in [0.4, 0.5) is 10.5 Å². The van der Waals surface area contributed by atoms with E-state index in [-0.39, 0.29) is 17.2 Å². The number of hydrogen-bond acceptors (Lipinski definition) is 3. The van der Waals surface area contributed by atoms with Crippen LogP contribution in [-0.4, -0.2) is 29.9 Å². The Kier molecular flexibility index (Phi) is 6.68. The summed E-state index contributed by atoms with van der Waals surface area (Å²) in [7, 11) is 3.27. The molecule has 2 amide bonds. The second-order valence-electron chi connectivity index (χ2n) is 7.09. The summed E-state index contributed by atoms with van der Waals surface area (Å²) in [5.74, 6) is 0. The number of hydrogen-bond donors (Lipinski definition) is 2. The lowest BCUT2D eigenvalue weighted by Gasteiger charge is -2.22. The molecule has 0 radical (unpaired) electrons. The molecule has 0 fully saturated rings. The topological polar surface area (TPSA) is 72.4 Å². The van der Waals surface area contributed by atoms with Crippen LogP contribution in [0.25, 0.3) is 11.1 Å². The fraction of sp³-hybridized carbons (Fsp3) is 0.400. The molecule has 0 atom stereocenters. The fourth-order valence-corrected chi connectivity index (χ4v) is 2.72. The number of urea groups is 1. The highest BCUT2D eigenvalue weighted by atomic mass is 35.5. The molecule has 2 N–H and O–H groups in total. The molecule has 2 rings (SSSR count). The Morgan fingerprint density at radius 3 is 2.59 bits per heavy atom. The summed E-state index contributed by atoms with van der Waals surface area (Å²) in [4.78, 5) is 24.2. The van der Waals surface area contributed by atoms with E-state index < -0.39 is 0 Å². The molecule has 27 heavy (non-hydrogen) atoms. The number of carbonyl (C=O) groups excluding carboxylic acids is 1. The number of halogens is 1. The van der Waals surface area contributed by atoms with Crippen molar-refractivity contribution in [1.82, 2.24) is 9.88 Å². The summed E-state index contributed by atoms with van der Waals surface area (Å²) in [5.41, 5.74) is 2.69. The van der Waals surface area contributed by atoms with Gasteiger partial charge in [0.05, 0.1) is 5.60 Å². The van der Waals surface area contributed by atoms with Crippen molar-refractivity contribution in [1.29, 1.82) is 0 Å². The van der Waals surface area contributed by atoms with Gasteiger partial charge in [-0.05, 0) is 62.1 Å². The fourth-order valence-electron chi connectivity index (χ4n) is 2.52. The van der Waals surface area contributed by atoms with Gasteiger partial charge in [0.2, 0.25) is 0 Å². The lowest BCUT2D eigenvalue weighted by molar-refractivity contribution is 0.0165. The summed E-state index contributed by atoms with van der Waals surface area (Å²) in [5, 5.41) is 5.99. The van der Waals surface area contributed by atoms with Crippen LogP contribution in [0.2, 0.25) is 5.15 Å². The standard InChI is InChI=1S/C20H26ClN3O3/c1-13-6-7-15(23-19(26)22-9-8-20(2,3)27-5)12-16(13)14-10-17(21)24(4)18(25)11-14/h6-7,10-12H,8-9H2,1-5H3,(H2,22,23,26). The highest BCUT2D eigenvalue weighted by Crippen LogP contribution is 2.27. The molecule has 1 aromatic carbocycles. The Morgan fingerprint density at radius 1 is 1.26 bits per heavy atom. The van der Waals surface area contributed by atoms with Crippen molar-refractivity contribution in [2.75, 3.05) is 19.0 Å². The van der Waals surface area contributed by atoms with Crippen molar-refractivity contribution >= 4 is 23.3 Å². The number of pyridine rings is 1. The van der Waals surface area contributed by atoms with Crippen LogP contribution in [0, 0.1) is 6.92 Å². The molecule has 7 heteroatoms. The van der Waals surface area contributed by atoms with Gasteiger partial charge in [0.25, 0.3) is 5.56 Å².